The van der Waals surface area contributed by atoms with Crippen LogP contribution in [0.3, 0.4) is 0 Å². The van der Waals surface area contributed by atoms with Gasteiger partial charge < -0.3 is 9.73 Å². The summed E-state index contributed by atoms with van der Waals surface area (Å²) in [6, 6.07) is 14.6. The maximum Gasteiger partial charge on any atom is 0.398 e. The van der Waals surface area contributed by atoms with E-state index in [0.717, 1.165) is 0 Å². The van der Waals surface area contributed by atoms with Gasteiger partial charge in [-0.3, -0.25) is 4.79 Å². The van der Waals surface area contributed by atoms with Crippen LogP contribution in [-0.2, 0) is 16.6 Å². The van der Waals surface area contributed by atoms with Gasteiger partial charge in [0.25, 0.3) is 5.91 Å². The van der Waals surface area contributed by atoms with Crippen molar-refractivity contribution in [3.05, 3.63) is 78.3 Å². The van der Waals surface area contributed by atoms with Crippen LogP contribution in [-0.4, -0.2) is 26.3 Å². The molecule has 2 aromatic carbocycles. The van der Waals surface area contributed by atoms with Gasteiger partial charge in [0, 0.05) is 10.5 Å². The van der Waals surface area contributed by atoms with Crippen LogP contribution in [0.15, 0.2) is 81.1 Å². The number of carbonyl (C=O) groups is 1. The van der Waals surface area contributed by atoms with Gasteiger partial charge in [-0.25, -0.2) is 13.1 Å². The van der Waals surface area contributed by atoms with E-state index in [1.54, 1.807) is 24.3 Å². The molecule has 0 spiro atoms. The zero-order valence-corrected chi connectivity index (χ0v) is 17.5. The number of furan rings is 1. The Balaban J connectivity index is 1.67. The van der Waals surface area contributed by atoms with Crippen LogP contribution in [0.25, 0.3) is 0 Å². The van der Waals surface area contributed by atoms with Crippen LogP contribution in [0, 0.1) is 0 Å². The van der Waals surface area contributed by atoms with Crippen LogP contribution >= 0.6 is 11.8 Å². The fraction of sp³-hybridized carbons (Fsp3) is 0.150. The molecule has 0 aliphatic carbocycles. The Morgan fingerprint density at radius 2 is 1.71 bits per heavy atom. The van der Waals surface area contributed by atoms with Gasteiger partial charge in [-0.15, -0.1) is 11.8 Å². The Hall–Kier alpha value is -2.76. The minimum atomic E-state index is -4.34. The molecule has 0 bridgehead atoms. The van der Waals surface area contributed by atoms with Gasteiger partial charge in [0.15, 0.2) is 0 Å². The normalized spacial score (nSPS) is 12.0. The summed E-state index contributed by atoms with van der Waals surface area (Å²) < 4.78 is 69.7. The molecule has 0 aliphatic rings. The highest BCUT2D eigenvalue weighted by atomic mass is 32.2. The average Bonchev–Trinajstić information content (AvgIpc) is 3.25. The van der Waals surface area contributed by atoms with Crippen molar-refractivity contribution in [2.24, 2.45) is 0 Å². The Labute approximate surface area is 180 Å². The predicted octanol–water partition coefficient (Wildman–Crippen LogP) is 4.66. The number of para-hydroxylation sites is 1. The van der Waals surface area contributed by atoms with Crippen LogP contribution in [0.5, 0.6) is 0 Å². The zero-order valence-electron chi connectivity index (χ0n) is 15.8. The molecule has 2 N–H and O–H groups in total. The Kier molecular flexibility index (Phi) is 7.08. The molecule has 0 saturated heterocycles. The molecule has 0 aliphatic heterocycles. The summed E-state index contributed by atoms with van der Waals surface area (Å²) in [6.45, 7) is -0.0239. The molecule has 164 valence electrons. The third kappa shape index (κ3) is 6.61. The lowest BCUT2D eigenvalue weighted by molar-refractivity contribution is -0.105. The lowest BCUT2D eigenvalue weighted by atomic mass is 10.2. The van der Waals surface area contributed by atoms with Crippen molar-refractivity contribution < 1.29 is 30.8 Å². The summed E-state index contributed by atoms with van der Waals surface area (Å²) in [5, 5.41) is 2.56. The SMILES string of the molecule is O=C(Nc1ccccc1SCC(F)(F)F)c1ccc(S(=O)(=O)NCc2ccco2)cc1. The first-order chi connectivity index (χ1) is 14.6. The van der Waals surface area contributed by atoms with E-state index in [-0.39, 0.29) is 27.6 Å². The number of halogens is 3. The second kappa shape index (κ2) is 9.58. The number of amides is 1. The topological polar surface area (TPSA) is 88.4 Å². The molecule has 0 atom stereocenters. The van der Waals surface area contributed by atoms with Gasteiger partial charge >= 0.3 is 6.18 Å². The molecule has 1 heterocycles. The van der Waals surface area contributed by atoms with Crippen molar-refractivity contribution in [2.75, 3.05) is 11.1 Å². The monoisotopic (exact) mass is 470 g/mol. The van der Waals surface area contributed by atoms with Crippen LogP contribution in [0.4, 0.5) is 18.9 Å². The molecule has 11 heteroatoms. The fourth-order valence-corrected chi connectivity index (χ4v) is 4.26. The predicted molar refractivity (Wildman–Crippen MR) is 110 cm³/mol. The van der Waals surface area contributed by atoms with E-state index in [4.69, 9.17) is 4.42 Å². The molecule has 1 amide bonds. The van der Waals surface area contributed by atoms with E-state index >= 15 is 0 Å². The molecule has 31 heavy (non-hydrogen) atoms. The molecule has 3 rings (SSSR count). The van der Waals surface area contributed by atoms with Crippen LogP contribution in [0.2, 0.25) is 0 Å². The van der Waals surface area contributed by atoms with Crippen molar-refractivity contribution in [3.63, 3.8) is 0 Å². The highest BCUT2D eigenvalue weighted by Crippen LogP contribution is 2.32. The van der Waals surface area contributed by atoms with E-state index in [0.29, 0.717) is 17.5 Å². The van der Waals surface area contributed by atoms with Crippen molar-refractivity contribution in [3.8, 4) is 0 Å². The third-order valence-corrected chi connectivity index (χ3v) is 6.53. The summed E-state index contributed by atoms with van der Waals surface area (Å²) in [5.74, 6) is -1.22. The number of sulfonamides is 1. The Morgan fingerprint density at radius 3 is 2.35 bits per heavy atom. The van der Waals surface area contributed by atoms with E-state index in [1.165, 1.54) is 42.7 Å². The number of carbonyl (C=O) groups excluding carboxylic acids is 1. The minimum absolute atomic E-state index is 0.0239. The van der Waals surface area contributed by atoms with Crippen molar-refractivity contribution in [1.82, 2.24) is 4.72 Å². The zero-order chi connectivity index (χ0) is 22.5. The molecule has 3 aromatic rings. The summed E-state index contributed by atoms with van der Waals surface area (Å²) in [7, 11) is -3.82. The van der Waals surface area contributed by atoms with Gasteiger partial charge in [-0.05, 0) is 48.5 Å². The van der Waals surface area contributed by atoms with Crippen molar-refractivity contribution >= 4 is 33.4 Å². The molecular formula is C20H17F3N2O4S2. The van der Waals surface area contributed by atoms with E-state index < -0.39 is 27.9 Å². The number of alkyl halides is 3. The quantitative estimate of drug-likeness (QED) is 0.468. The standard InChI is InChI=1S/C20H17F3N2O4S2/c21-20(22,23)13-30-18-6-2-1-5-17(18)25-19(26)14-7-9-16(10-8-14)31(27,28)24-12-15-4-3-11-29-15/h1-11,24H,12-13H2,(H,25,26). The van der Waals surface area contributed by atoms with Gasteiger partial charge in [0.1, 0.15) is 5.76 Å². The molecule has 0 fully saturated rings. The number of nitrogens with one attached hydrogen (secondary N) is 2. The molecule has 0 radical (unpaired) electrons. The van der Waals surface area contributed by atoms with Crippen molar-refractivity contribution in [1.29, 1.82) is 0 Å². The number of hydrogen-bond acceptors (Lipinski definition) is 5. The molecule has 0 saturated carbocycles. The Morgan fingerprint density at radius 1 is 1.00 bits per heavy atom. The molecule has 0 unspecified atom stereocenters. The second-order valence-electron chi connectivity index (χ2n) is 6.28. The minimum Gasteiger partial charge on any atom is -0.468 e. The first-order valence-corrected chi connectivity index (χ1v) is 11.3. The van der Waals surface area contributed by atoms with Crippen molar-refractivity contribution in [2.45, 2.75) is 22.5 Å². The fourth-order valence-electron chi connectivity index (χ4n) is 2.50. The molecule has 6 nitrogen and oxygen atoms in total. The number of anilines is 1. The van der Waals surface area contributed by atoms with Gasteiger partial charge in [0.05, 0.1) is 29.1 Å². The third-order valence-electron chi connectivity index (χ3n) is 3.97. The number of thioether (sulfide) groups is 1. The molecular weight excluding hydrogens is 453 g/mol. The summed E-state index contributed by atoms with van der Waals surface area (Å²) in [4.78, 5) is 12.7. The largest absolute Gasteiger partial charge is 0.468 e. The van der Waals surface area contributed by atoms with Gasteiger partial charge in [-0.1, -0.05) is 12.1 Å². The maximum atomic E-state index is 12.5. The Bertz CT molecular complexity index is 1130. The maximum absolute atomic E-state index is 12.5. The van der Waals surface area contributed by atoms with Gasteiger partial charge in [-0.2, -0.15) is 13.2 Å². The van der Waals surface area contributed by atoms with Gasteiger partial charge in [0.2, 0.25) is 10.0 Å². The smallest absolute Gasteiger partial charge is 0.398 e. The van der Waals surface area contributed by atoms with E-state index in [1.807, 2.05) is 0 Å². The highest BCUT2D eigenvalue weighted by molar-refractivity contribution is 7.99. The van der Waals surface area contributed by atoms with E-state index in [2.05, 4.69) is 10.0 Å². The second-order valence-corrected chi connectivity index (χ2v) is 9.07. The highest BCUT2D eigenvalue weighted by Gasteiger charge is 2.27. The number of benzene rings is 2. The number of rotatable bonds is 8. The summed E-state index contributed by atoms with van der Waals surface area (Å²) in [5.41, 5.74) is 0.388. The first kappa shape index (κ1) is 22.9. The summed E-state index contributed by atoms with van der Waals surface area (Å²) >= 11 is 0.566. The van der Waals surface area contributed by atoms with Crippen LogP contribution in [0.1, 0.15) is 16.1 Å². The van der Waals surface area contributed by atoms with Crippen LogP contribution < -0.4 is 10.0 Å². The first-order valence-electron chi connectivity index (χ1n) is 8.86. The molecule has 1 aromatic heterocycles. The summed E-state index contributed by atoms with van der Waals surface area (Å²) in [6.07, 6.45) is -2.91. The average molecular weight is 470 g/mol. The van der Waals surface area contributed by atoms with E-state index in [9.17, 15) is 26.4 Å². The lowest BCUT2D eigenvalue weighted by Crippen LogP contribution is -2.23. The number of hydrogen-bond donors (Lipinski definition) is 2. The lowest BCUT2D eigenvalue weighted by Gasteiger charge is -2.12.